The number of anilines is 2. The summed E-state index contributed by atoms with van der Waals surface area (Å²) in [5, 5.41) is 2.99. The molecular weight excluding hydrogens is 279 g/mol. The molecule has 2 rings (SSSR count). The zero-order chi connectivity index (χ0) is 14.9. The first-order valence-electron chi connectivity index (χ1n) is 6.01. The zero-order valence-electron chi connectivity index (χ0n) is 11.1. The summed E-state index contributed by atoms with van der Waals surface area (Å²) in [7, 11) is 0. The highest BCUT2D eigenvalue weighted by Crippen LogP contribution is 2.27. The number of nitrogens with one attached hydrogen (secondary N) is 1. The molecule has 0 saturated carbocycles. The van der Waals surface area contributed by atoms with Gasteiger partial charge in [-0.2, -0.15) is 0 Å². The maximum absolute atomic E-state index is 13.7. The molecule has 0 radical (unpaired) electrons. The Hall–Kier alpha value is -2.07. The third-order valence-corrected chi connectivity index (χ3v) is 3.29. The molecule has 0 heterocycles. The van der Waals surface area contributed by atoms with Crippen molar-refractivity contribution in [3.63, 3.8) is 0 Å². The summed E-state index contributed by atoms with van der Waals surface area (Å²) >= 11 is 5.92. The van der Waals surface area contributed by atoms with Gasteiger partial charge in [-0.25, -0.2) is 4.39 Å². The minimum atomic E-state index is -0.563. The van der Waals surface area contributed by atoms with Gasteiger partial charge in [-0.1, -0.05) is 23.2 Å². The number of halogens is 2. The average Bonchev–Trinajstić information content (AvgIpc) is 2.38. The number of nitrogen functional groups attached to an aromatic ring is 1. The maximum atomic E-state index is 13.7. The number of hydrogen-bond acceptors (Lipinski definition) is 2. The first-order valence-corrected chi connectivity index (χ1v) is 6.39. The summed E-state index contributed by atoms with van der Waals surface area (Å²) < 4.78 is 13.7. The Morgan fingerprint density at radius 2 is 1.95 bits per heavy atom. The summed E-state index contributed by atoms with van der Waals surface area (Å²) in [5.41, 5.74) is 8.18. The molecule has 0 aromatic heterocycles. The second kappa shape index (κ2) is 5.51. The van der Waals surface area contributed by atoms with Crippen LogP contribution < -0.4 is 11.1 Å². The van der Waals surface area contributed by atoms with E-state index in [4.69, 9.17) is 17.3 Å². The van der Waals surface area contributed by atoms with Crippen molar-refractivity contribution in [3.05, 3.63) is 57.9 Å². The normalized spacial score (nSPS) is 10.4. The Bertz CT molecular complexity index is 686. The molecule has 1 amide bonds. The lowest BCUT2D eigenvalue weighted by molar-refractivity contribution is 0.102. The van der Waals surface area contributed by atoms with Gasteiger partial charge in [0.1, 0.15) is 5.82 Å². The van der Waals surface area contributed by atoms with Crippen LogP contribution in [0.5, 0.6) is 0 Å². The maximum Gasteiger partial charge on any atom is 0.258 e. The van der Waals surface area contributed by atoms with Crippen molar-refractivity contribution in [1.29, 1.82) is 0 Å². The van der Waals surface area contributed by atoms with E-state index in [0.717, 1.165) is 11.1 Å². The number of benzene rings is 2. The van der Waals surface area contributed by atoms with E-state index < -0.39 is 11.7 Å². The van der Waals surface area contributed by atoms with E-state index in [1.54, 1.807) is 32.0 Å². The van der Waals surface area contributed by atoms with Crippen LogP contribution in [0.4, 0.5) is 15.8 Å². The summed E-state index contributed by atoms with van der Waals surface area (Å²) in [4.78, 5) is 12.1. The van der Waals surface area contributed by atoms with Crippen LogP contribution in [0, 0.1) is 19.7 Å². The molecule has 0 unspecified atom stereocenters. The molecule has 20 heavy (non-hydrogen) atoms. The Balaban J connectivity index is 2.32. The van der Waals surface area contributed by atoms with Gasteiger partial charge in [0.05, 0.1) is 16.3 Å². The van der Waals surface area contributed by atoms with Crippen LogP contribution in [-0.2, 0) is 0 Å². The third-order valence-electron chi connectivity index (χ3n) is 2.96. The second-order valence-electron chi connectivity index (χ2n) is 4.63. The number of nitrogens with two attached hydrogens (primary N) is 1. The number of hydrogen-bond donors (Lipinski definition) is 2. The van der Waals surface area contributed by atoms with Gasteiger partial charge >= 0.3 is 0 Å². The molecule has 0 fully saturated rings. The van der Waals surface area contributed by atoms with Crippen LogP contribution in [0.15, 0.2) is 30.3 Å². The van der Waals surface area contributed by atoms with Crippen LogP contribution in [-0.4, -0.2) is 5.91 Å². The molecule has 0 aliphatic carbocycles. The molecule has 0 aliphatic heterocycles. The van der Waals surface area contributed by atoms with Gasteiger partial charge in [-0.05, 0) is 43.7 Å². The fraction of sp³-hybridized carbons (Fsp3) is 0.133. The molecule has 0 spiro atoms. The molecule has 3 nitrogen and oxygen atoms in total. The van der Waals surface area contributed by atoms with Gasteiger partial charge in [0.2, 0.25) is 0 Å². The molecule has 104 valence electrons. The molecule has 2 aromatic carbocycles. The minimum absolute atomic E-state index is 0.00246. The second-order valence-corrected chi connectivity index (χ2v) is 5.03. The zero-order valence-corrected chi connectivity index (χ0v) is 11.9. The van der Waals surface area contributed by atoms with Crippen LogP contribution in [0.3, 0.4) is 0 Å². The molecule has 3 N–H and O–H groups in total. The lowest BCUT2D eigenvalue weighted by atomic mass is 10.1. The SMILES string of the molecule is Cc1ccc(F)c(C(=O)Nc2cc(Cl)c(N)cc2C)c1. The van der Waals surface area contributed by atoms with E-state index in [1.807, 2.05) is 0 Å². The fourth-order valence-electron chi connectivity index (χ4n) is 1.84. The van der Waals surface area contributed by atoms with Crippen LogP contribution >= 0.6 is 11.6 Å². The van der Waals surface area contributed by atoms with E-state index >= 15 is 0 Å². The van der Waals surface area contributed by atoms with E-state index in [0.29, 0.717) is 16.4 Å². The van der Waals surface area contributed by atoms with Crippen molar-refractivity contribution in [2.75, 3.05) is 11.1 Å². The van der Waals surface area contributed by atoms with Crippen molar-refractivity contribution in [2.45, 2.75) is 13.8 Å². The quantitative estimate of drug-likeness (QED) is 0.824. The van der Waals surface area contributed by atoms with Crippen LogP contribution in [0.1, 0.15) is 21.5 Å². The molecule has 0 bridgehead atoms. The van der Waals surface area contributed by atoms with Crippen molar-refractivity contribution >= 4 is 28.9 Å². The topological polar surface area (TPSA) is 55.1 Å². The fourth-order valence-corrected chi connectivity index (χ4v) is 2.00. The Morgan fingerprint density at radius 3 is 2.65 bits per heavy atom. The lowest BCUT2D eigenvalue weighted by Crippen LogP contribution is -2.15. The molecule has 0 saturated heterocycles. The van der Waals surface area contributed by atoms with Gasteiger partial charge < -0.3 is 11.1 Å². The number of carbonyl (C=O) groups is 1. The van der Waals surface area contributed by atoms with E-state index in [9.17, 15) is 9.18 Å². The minimum Gasteiger partial charge on any atom is -0.398 e. The predicted molar refractivity (Wildman–Crippen MR) is 79.7 cm³/mol. The van der Waals surface area contributed by atoms with E-state index in [1.165, 1.54) is 12.1 Å². The van der Waals surface area contributed by atoms with Gasteiger partial charge in [-0.15, -0.1) is 0 Å². The highest BCUT2D eigenvalue weighted by Gasteiger charge is 2.14. The first kappa shape index (κ1) is 14.3. The summed E-state index contributed by atoms with van der Waals surface area (Å²) in [6.07, 6.45) is 0. The smallest absolute Gasteiger partial charge is 0.258 e. The highest BCUT2D eigenvalue weighted by molar-refractivity contribution is 6.33. The van der Waals surface area contributed by atoms with Crippen LogP contribution in [0.25, 0.3) is 0 Å². The summed E-state index contributed by atoms with van der Waals surface area (Å²) in [6.45, 7) is 3.58. The average molecular weight is 293 g/mol. The number of aryl methyl sites for hydroxylation is 2. The molecule has 2 aromatic rings. The Labute approximate surface area is 121 Å². The Morgan fingerprint density at radius 1 is 1.25 bits per heavy atom. The summed E-state index contributed by atoms with van der Waals surface area (Å²) in [6, 6.07) is 7.59. The summed E-state index contributed by atoms with van der Waals surface area (Å²) in [5.74, 6) is -1.08. The monoisotopic (exact) mass is 292 g/mol. The molecule has 0 atom stereocenters. The van der Waals surface area contributed by atoms with Gasteiger partial charge in [-0.3, -0.25) is 4.79 Å². The predicted octanol–water partition coefficient (Wildman–Crippen LogP) is 3.93. The van der Waals surface area contributed by atoms with Gasteiger partial charge in [0, 0.05) is 5.69 Å². The molecular formula is C15H14ClFN2O. The third kappa shape index (κ3) is 2.91. The van der Waals surface area contributed by atoms with Gasteiger partial charge in [0.25, 0.3) is 5.91 Å². The first-order chi connectivity index (χ1) is 9.38. The van der Waals surface area contributed by atoms with E-state index in [2.05, 4.69) is 5.32 Å². The highest BCUT2D eigenvalue weighted by atomic mass is 35.5. The van der Waals surface area contributed by atoms with Crippen molar-refractivity contribution in [1.82, 2.24) is 0 Å². The van der Waals surface area contributed by atoms with Crippen molar-refractivity contribution in [3.8, 4) is 0 Å². The van der Waals surface area contributed by atoms with Crippen molar-refractivity contribution < 1.29 is 9.18 Å². The number of amides is 1. The lowest BCUT2D eigenvalue weighted by Gasteiger charge is -2.11. The van der Waals surface area contributed by atoms with Gasteiger partial charge in [0.15, 0.2) is 0 Å². The standard InChI is InChI=1S/C15H14ClFN2O/c1-8-3-4-12(17)10(5-8)15(20)19-14-7-11(16)13(18)6-9(14)2/h3-7H,18H2,1-2H3,(H,19,20). The number of rotatable bonds is 2. The molecule has 5 heteroatoms. The number of carbonyl (C=O) groups excluding carboxylic acids is 1. The van der Waals surface area contributed by atoms with Crippen molar-refractivity contribution in [2.24, 2.45) is 0 Å². The van der Waals surface area contributed by atoms with E-state index in [-0.39, 0.29) is 5.56 Å². The van der Waals surface area contributed by atoms with Crippen LogP contribution in [0.2, 0.25) is 5.02 Å². The molecule has 0 aliphatic rings. The largest absolute Gasteiger partial charge is 0.398 e. The Kier molecular flexibility index (Phi) is 3.95.